The molecule has 246 valence electrons. The number of likely N-dealkylation sites (N-methyl/N-ethyl adjacent to an activating group) is 1. The number of rotatable bonds is 5. The van der Waals surface area contributed by atoms with Gasteiger partial charge in [-0.3, -0.25) is 24.0 Å². The standard InChI is InChI=1S/C36H38ClF2N5O3/c1-18(2)30-31(20(4)12-13-40-30)44-32-22(14-23(37)27(29(32)39)28-24(38)8-7-9-26(28)47-6)33-34(36(44)46)43(21-16-41(5)17-21)35(45)25-11-10-19(3)15-42(25)33/h7-9,12-14,18-19,21,25H,10-11,15-17H2,1-6H3/t19-,25+/m0/s1. The summed E-state index contributed by atoms with van der Waals surface area (Å²) in [6.07, 6.45) is 3.14. The van der Waals surface area contributed by atoms with Gasteiger partial charge in [-0.15, -0.1) is 0 Å². The lowest BCUT2D eigenvalue weighted by molar-refractivity contribution is -0.122. The van der Waals surface area contributed by atoms with Crippen molar-refractivity contribution in [2.75, 3.05) is 43.6 Å². The van der Waals surface area contributed by atoms with Crippen molar-refractivity contribution in [1.82, 2.24) is 14.5 Å². The Kier molecular flexibility index (Phi) is 7.79. The average Bonchev–Trinajstić information content (AvgIpc) is 3.01. The number of anilines is 2. The summed E-state index contributed by atoms with van der Waals surface area (Å²) in [4.78, 5) is 40.0. The summed E-state index contributed by atoms with van der Waals surface area (Å²) in [6.45, 7) is 9.61. The van der Waals surface area contributed by atoms with Crippen LogP contribution in [0.3, 0.4) is 0 Å². The molecule has 5 heterocycles. The van der Waals surface area contributed by atoms with Crippen molar-refractivity contribution in [2.24, 2.45) is 5.92 Å². The second-order valence-electron chi connectivity index (χ2n) is 13.5. The van der Waals surface area contributed by atoms with Crippen LogP contribution in [-0.4, -0.2) is 66.2 Å². The highest BCUT2D eigenvalue weighted by molar-refractivity contribution is 6.35. The van der Waals surface area contributed by atoms with Crippen LogP contribution in [-0.2, 0) is 4.79 Å². The molecule has 2 atom stereocenters. The highest BCUT2D eigenvalue weighted by Gasteiger charge is 2.48. The Morgan fingerprint density at radius 1 is 1.02 bits per heavy atom. The van der Waals surface area contributed by atoms with Crippen molar-refractivity contribution in [2.45, 2.75) is 58.5 Å². The summed E-state index contributed by atoms with van der Waals surface area (Å²) in [6, 6.07) is 6.92. The number of aryl methyl sites for hydroxylation is 1. The van der Waals surface area contributed by atoms with Gasteiger partial charge in [0.05, 0.1) is 46.3 Å². The number of ether oxygens (including phenoxy) is 1. The summed E-state index contributed by atoms with van der Waals surface area (Å²) >= 11 is 6.96. The van der Waals surface area contributed by atoms with Gasteiger partial charge >= 0.3 is 0 Å². The van der Waals surface area contributed by atoms with Gasteiger partial charge in [-0.25, -0.2) is 8.78 Å². The van der Waals surface area contributed by atoms with E-state index in [1.165, 1.54) is 23.8 Å². The van der Waals surface area contributed by atoms with Crippen molar-refractivity contribution in [3.05, 3.63) is 74.8 Å². The van der Waals surface area contributed by atoms with Gasteiger partial charge < -0.3 is 14.5 Å². The molecule has 0 N–H and O–H groups in total. The first-order valence-electron chi connectivity index (χ1n) is 16.1. The minimum atomic E-state index is -0.859. The predicted molar refractivity (Wildman–Crippen MR) is 181 cm³/mol. The fraction of sp³-hybridized carbons (Fsp3) is 0.417. The molecule has 0 unspecified atom stereocenters. The first-order valence-corrected chi connectivity index (χ1v) is 16.5. The van der Waals surface area contributed by atoms with E-state index in [4.69, 9.17) is 16.3 Å². The van der Waals surface area contributed by atoms with Crippen molar-refractivity contribution < 1.29 is 18.3 Å². The quantitative estimate of drug-likeness (QED) is 0.237. The molecule has 0 spiro atoms. The van der Waals surface area contributed by atoms with E-state index in [1.54, 1.807) is 29.3 Å². The summed E-state index contributed by atoms with van der Waals surface area (Å²) < 4.78 is 40.0. The minimum absolute atomic E-state index is 0.0359. The lowest BCUT2D eigenvalue weighted by Crippen LogP contribution is -2.67. The van der Waals surface area contributed by atoms with Crippen LogP contribution in [0.25, 0.3) is 27.7 Å². The fourth-order valence-electron chi connectivity index (χ4n) is 7.72. The molecule has 0 radical (unpaired) electrons. The highest BCUT2D eigenvalue weighted by atomic mass is 35.5. The van der Waals surface area contributed by atoms with E-state index in [9.17, 15) is 4.79 Å². The molecule has 8 nitrogen and oxygen atoms in total. The number of hydrogen-bond acceptors (Lipinski definition) is 6. The van der Waals surface area contributed by atoms with Crippen molar-refractivity contribution in [3.8, 4) is 22.6 Å². The number of benzene rings is 2. The van der Waals surface area contributed by atoms with Gasteiger partial charge in [0.2, 0.25) is 5.91 Å². The first-order chi connectivity index (χ1) is 22.4. The zero-order valence-corrected chi connectivity index (χ0v) is 28.2. The second-order valence-corrected chi connectivity index (χ2v) is 14.0. The Labute approximate surface area is 277 Å². The number of pyridine rings is 2. The molecule has 0 aliphatic carbocycles. The van der Waals surface area contributed by atoms with Crippen LogP contribution in [0, 0.1) is 24.5 Å². The largest absolute Gasteiger partial charge is 0.496 e. The summed E-state index contributed by atoms with van der Waals surface area (Å²) in [5, 5.41) is 0.342. The van der Waals surface area contributed by atoms with E-state index < -0.39 is 23.2 Å². The highest BCUT2D eigenvalue weighted by Crippen LogP contribution is 2.49. The number of carbonyl (C=O) groups excluding carboxylic acids is 1. The van der Waals surface area contributed by atoms with Gasteiger partial charge in [0, 0.05) is 36.8 Å². The molecule has 2 aromatic carbocycles. The van der Waals surface area contributed by atoms with Crippen LogP contribution in [0.1, 0.15) is 50.8 Å². The number of halogens is 3. The van der Waals surface area contributed by atoms with Crippen LogP contribution >= 0.6 is 11.6 Å². The van der Waals surface area contributed by atoms with Gasteiger partial charge in [0.15, 0.2) is 5.82 Å². The number of fused-ring (bicyclic) bond motifs is 5. The molecule has 3 aliphatic rings. The molecule has 2 aromatic heterocycles. The van der Waals surface area contributed by atoms with Crippen LogP contribution < -0.4 is 20.1 Å². The van der Waals surface area contributed by atoms with Crippen LogP contribution in [0.4, 0.5) is 20.2 Å². The number of hydrogen-bond donors (Lipinski definition) is 0. The van der Waals surface area contributed by atoms with Crippen molar-refractivity contribution >= 4 is 39.8 Å². The number of likely N-dealkylation sites (tertiary alicyclic amines) is 1. The molecule has 4 aromatic rings. The Morgan fingerprint density at radius 2 is 1.77 bits per heavy atom. The number of carbonyl (C=O) groups is 1. The Morgan fingerprint density at radius 3 is 2.45 bits per heavy atom. The Hall–Kier alpha value is -4.02. The van der Waals surface area contributed by atoms with Crippen molar-refractivity contribution in [1.29, 1.82) is 0 Å². The second kappa shape index (κ2) is 11.6. The first kappa shape index (κ1) is 31.6. The number of methoxy groups -OCH3 is 1. The summed E-state index contributed by atoms with van der Waals surface area (Å²) in [7, 11) is 3.35. The smallest absolute Gasteiger partial charge is 0.281 e. The number of nitrogens with zero attached hydrogens (tertiary/aromatic N) is 5. The number of aromatic nitrogens is 2. The molecular weight excluding hydrogens is 624 g/mol. The summed E-state index contributed by atoms with van der Waals surface area (Å²) in [5.41, 5.74) is 1.52. The van der Waals surface area contributed by atoms with Gasteiger partial charge in [-0.05, 0) is 68.5 Å². The Bertz CT molecular complexity index is 2010. The monoisotopic (exact) mass is 661 g/mol. The maximum atomic E-state index is 17.6. The molecule has 0 saturated carbocycles. The van der Waals surface area contributed by atoms with Gasteiger partial charge in [0.25, 0.3) is 5.56 Å². The molecule has 2 fully saturated rings. The maximum Gasteiger partial charge on any atom is 0.281 e. The van der Waals surface area contributed by atoms with E-state index in [0.717, 1.165) is 6.42 Å². The van der Waals surface area contributed by atoms with Crippen LogP contribution in [0.15, 0.2) is 41.3 Å². The Balaban J connectivity index is 1.69. The van der Waals surface area contributed by atoms with E-state index >= 15 is 13.6 Å². The molecule has 2 saturated heterocycles. The summed E-state index contributed by atoms with van der Waals surface area (Å²) in [5.74, 6) is -1.48. The minimum Gasteiger partial charge on any atom is -0.496 e. The molecule has 47 heavy (non-hydrogen) atoms. The SMILES string of the molecule is COc1cccc(F)c1-c1c(Cl)cc2c3c(c(=O)n(-c4c(C)ccnc4C(C)C)c2c1F)N(C1CN(C)C1)C(=O)[C@H]1CC[C@H](C)CN31. The lowest BCUT2D eigenvalue weighted by Gasteiger charge is -2.52. The molecule has 1 amide bonds. The van der Waals surface area contributed by atoms with Crippen molar-refractivity contribution in [3.63, 3.8) is 0 Å². The van der Waals surface area contributed by atoms with Gasteiger partial charge in [0.1, 0.15) is 23.3 Å². The molecule has 3 aliphatic heterocycles. The van der Waals surface area contributed by atoms with E-state index in [2.05, 4.69) is 16.8 Å². The third-order valence-electron chi connectivity index (χ3n) is 9.95. The number of piperidine rings is 1. The van der Waals surface area contributed by atoms with Crippen LogP contribution in [0.5, 0.6) is 5.75 Å². The molecule has 7 rings (SSSR count). The van der Waals surface area contributed by atoms with Crippen LogP contribution in [0.2, 0.25) is 5.02 Å². The maximum absolute atomic E-state index is 17.6. The predicted octanol–water partition coefficient (Wildman–Crippen LogP) is 6.69. The van der Waals surface area contributed by atoms with Gasteiger partial charge in [-0.2, -0.15) is 0 Å². The zero-order valence-electron chi connectivity index (χ0n) is 27.4. The lowest BCUT2D eigenvalue weighted by atomic mass is 9.88. The fourth-order valence-corrected chi connectivity index (χ4v) is 8.00. The molecular formula is C36H38ClF2N5O3. The van der Waals surface area contributed by atoms with E-state index in [1.807, 2.05) is 32.7 Å². The average molecular weight is 662 g/mol. The van der Waals surface area contributed by atoms with E-state index in [0.29, 0.717) is 54.1 Å². The topological polar surface area (TPSA) is 70.9 Å². The van der Waals surface area contributed by atoms with E-state index in [-0.39, 0.29) is 56.9 Å². The zero-order chi connectivity index (χ0) is 33.5. The number of amides is 1. The normalized spacial score (nSPS) is 20.1. The molecule has 0 bridgehead atoms. The molecule has 11 heteroatoms. The van der Waals surface area contributed by atoms with Gasteiger partial charge in [-0.1, -0.05) is 38.4 Å². The third kappa shape index (κ3) is 4.74. The third-order valence-corrected chi connectivity index (χ3v) is 10.2.